The van der Waals surface area contributed by atoms with Crippen molar-refractivity contribution >= 4 is 40.7 Å². The first-order valence-corrected chi connectivity index (χ1v) is 13.5. The van der Waals surface area contributed by atoms with Crippen molar-refractivity contribution in [3.8, 4) is 0 Å². The van der Waals surface area contributed by atoms with Crippen molar-refractivity contribution in [2.75, 3.05) is 34.0 Å². The van der Waals surface area contributed by atoms with E-state index in [9.17, 15) is 14.0 Å². The minimum Gasteiger partial charge on any atom is -0.469 e. The van der Waals surface area contributed by atoms with Gasteiger partial charge in [-0.25, -0.2) is 14.2 Å². The van der Waals surface area contributed by atoms with Gasteiger partial charge in [0.15, 0.2) is 10.8 Å². The average Bonchev–Trinajstić information content (AvgIpc) is 3.65. The molecule has 0 amide bonds. The quantitative estimate of drug-likeness (QED) is 0.538. The van der Waals surface area contributed by atoms with Gasteiger partial charge in [-0.1, -0.05) is 17.7 Å². The topological polar surface area (TPSA) is 102 Å². The number of carbonyl (C=O) groups excluding carboxylic acids is 2. The smallest absolute Gasteiger partial charge is 0.338 e. The number of methoxy groups -OCH3 is 2. The lowest BCUT2D eigenvalue weighted by Gasteiger charge is -2.57. The third-order valence-electron chi connectivity index (χ3n) is 8.21. The molecule has 1 aromatic heterocycles. The van der Waals surface area contributed by atoms with Crippen molar-refractivity contribution in [2.45, 2.75) is 31.0 Å². The highest BCUT2D eigenvalue weighted by atomic mass is 35.5. The van der Waals surface area contributed by atoms with E-state index in [4.69, 9.17) is 30.8 Å². The summed E-state index contributed by atoms with van der Waals surface area (Å²) in [5.74, 6) is -0.950. The zero-order valence-corrected chi connectivity index (χ0v) is 22.4. The molecule has 6 rings (SSSR count). The van der Waals surface area contributed by atoms with E-state index in [1.807, 2.05) is 5.38 Å². The van der Waals surface area contributed by atoms with E-state index < -0.39 is 17.8 Å². The van der Waals surface area contributed by atoms with Crippen LogP contribution in [0.1, 0.15) is 29.5 Å². The number of amidine groups is 1. The van der Waals surface area contributed by atoms with Gasteiger partial charge in [0.1, 0.15) is 11.9 Å². The van der Waals surface area contributed by atoms with Crippen molar-refractivity contribution in [1.29, 1.82) is 0 Å². The molecule has 1 aromatic carbocycles. The SMILES string of the molecule is COC(=O)C1=C(CN2C3COCC34CC(C(=O)OC)CC24)NC(c2nccs2)=N[C@H]1c1ccc(F)cc1Cl. The maximum absolute atomic E-state index is 13.9. The Labute approximate surface area is 227 Å². The Balaban J connectivity index is 1.40. The van der Waals surface area contributed by atoms with Crippen molar-refractivity contribution in [2.24, 2.45) is 16.3 Å². The zero-order chi connectivity index (χ0) is 26.6. The molecule has 3 aliphatic heterocycles. The third kappa shape index (κ3) is 3.95. The number of carbonyl (C=O) groups is 2. The van der Waals surface area contributed by atoms with E-state index in [2.05, 4.69) is 15.2 Å². The number of aliphatic imine (C=N–C) groups is 1. The van der Waals surface area contributed by atoms with Crippen LogP contribution in [0.3, 0.4) is 0 Å². The number of aromatic nitrogens is 1. The van der Waals surface area contributed by atoms with E-state index in [0.29, 0.717) is 53.9 Å². The lowest BCUT2D eigenvalue weighted by molar-refractivity contribution is -0.145. The molecule has 4 heterocycles. The van der Waals surface area contributed by atoms with Crippen LogP contribution >= 0.6 is 22.9 Å². The largest absolute Gasteiger partial charge is 0.469 e. The van der Waals surface area contributed by atoms with Crippen LogP contribution in [0.25, 0.3) is 0 Å². The Morgan fingerprint density at radius 2 is 2.16 bits per heavy atom. The number of nitrogens with zero attached hydrogens (tertiary/aromatic N) is 3. The van der Waals surface area contributed by atoms with Gasteiger partial charge in [-0.05, 0) is 25.0 Å². The van der Waals surface area contributed by atoms with Gasteiger partial charge in [0, 0.05) is 51.9 Å². The Morgan fingerprint density at radius 1 is 1.32 bits per heavy atom. The molecule has 200 valence electrons. The molecule has 1 aliphatic carbocycles. The summed E-state index contributed by atoms with van der Waals surface area (Å²) < 4.78 is 30.0. The number of nitrogens with one attached hydrogen (secondary N) is 1. The zero-order valence-electron chi connectivity index (χ0n) is 20.8. The van der Waals surface area contributed by atoms with Crippen molar-refractivity contribution in [3.05, 3.63) is 62.5 Å². The van der Waals surface area contributed by atoms with Crippen molar-refractivity contribution in [3.63, 3.8) is 0 Å². The summed E-state index contributed by atoms with van der Waals surface area (Å²) in [6.07, 6.45) is 3.06. The average molecular weight is 561 g/mol. The summed E-state index contributed by atoms with van der Waals surface area (Å²) in [4.78, 5) is 37.1. The molecule has 3 fully saturated rings. The van der Waals surface area contributed by atoms with E-state index in [0.717, 1.165) is 6.42 Å². The highest BCUT2D eigenvalue weighted by molar-refractivity contribution is 7.11. The number of thiazole rings is 1. The van der Waals surface area contributed by atoms with Gasteiger partial charge >= 0.3 is 11.9 Å². The highest BCUT2D eigenvalue weighted by Crippen LogP contribution is 2.59. The summed E-state index contributed by atoms with van der Waals surface area (Å²) in [6, 6.07) is 3.41. The molecule has 0 bridgehead atoms. The fourth-order valence-corrected chi connectivity index (χ4v) is 7.42. The Hall–Kier alpha value is -2.86. The number of hydrogen-bond acceptors (Lipinski definition) is 10. The number of benzene rings is 1. The van der Waals surface area contributed by atoms with E-state index in [1.165, 1.54) is 43.8 Å². The maximum atomic E-state index is 13.9. The highest BCUT2D eigenvalue weighted by Gasteiger charge is 2.68. The molecule has 1 spiro atoms. The van der Waals surface area contributed by atoms with E-state index >= 15 is 0 Å². The summed E-state index contributed by atoms with van der Waals surface area (Å²) in [7, 11) is 2.73. The van der Waals surface area contributed by atoms with E-state index in [-0.39, 0.29) is 34.4 Å². The summed E-state index contributed by atoms with van der Waals surface area (Å²) in [5.41, 5.74) is 1.27. The Bertz CT molecular complexity index is 1350. The first kappa shape index (κ1) is 25.4. The second kappa shape index (κ2) is 9.71. The van der Waals surface area contributed by atoms with Gasteiger partial charge in [0.05, 0.1) is 38.9 Å². The maximum Gasteiger partial charge on any atom is 0.338 e. The van der Waals surface area contributed by atoms with Crippen LogP contribution in [0, 0.1) is 17.2 Å². The molecular formula is C26H26ClFN4O5S. The Kier molecular flexibility index (Phi) is 6.50. The normalized spacial score (nSPS) is 30.2. The van der Waals surface area contributed by atoms with Gasteiger partial charge < -0.3 is 19.5 Å². The van der Waals surface area contributed by atoms with Gasteiger partial charge in [0.25, 0.3) is 0 Å². The predicted octanol–water partition coefficient (Wildman–Crippen LogP) is 3.11. The lowest BCUT2D eigenvalue weighted by Crippen LogP contribution is -2.69. The first-order valence-electron chi connectivity index (χ1n) is 12.3. The van der Waals surface area contributed by atoms with Gasteiger partial charge in [-0.15, -0.1) is 11.3 Å². The molecule has 5 atom stereocenters. The minimum absolute atomic E-state index is 0.0994. The second-order valence-electron chi connectivity index (χ2n) is 10.0. The van der Waals surface area contributed by atoms with Gasteiger partial charge in [0.2, 0.25) is 0 Å². The van der Waals surface area contributed by atoms with Crippen molar-refractivity contribution < 1.29 is 28.2 Å². The standard InChI is InChI=1S/C26H26ClFN4O5S/c1-35-24(33)13-7-18-26(9-13)12-37-11-19(26)32(18)10-17-20(25(34)36-2)21(15-4-3-14(28)8-16(15)27)31-22(30-17)23-29-5-6-38-23/h3-6,8,13,18-19,21H,7,9-12H2,1-2H3,(H,30,31)/t13?,18?,19?,21-,26?/m0/s1. The Morgan fingerprint density at radius 3 is 2.87 bits per heavy atom. The molecule has 4 unspecified atom stereocenters. The summed E-state index contributed by atoms with van der Waals surface area (Å²) in [6.45, 7) is 1.52. The number of esters is 2. The molecule has 38 heavy (non-hydrogen) atoms. The van der Waals surface area contributed by atoms with Crippen molar-refractivity contribution in [1.82, 2.24) is 15.2 Å². The number of rotatable bonds is 6. The van der Waals surface area contributed by atoms with Crippen LogP contribution in [0.5, 0.6) is 0 Å². The first-order chi connectivity index (χ1) is 18.4. The van der Waals surface area contributed by atoms with Crippen LogP contribution in [0.15, 0.2) is 46.0 Å². The van der Waals surface area contributed by atoms with Gasteiger partial charge in [-0.3, -0.25) is 14.7 Å². The molecule has 2 aromatic rings. The number of hydrogen-bond donors (Lipinski definition) is 1. The predicted molar refractivity (Wildman–Crippen MR) is 137 cm³/mol. The third-order valence-corrected chi connectivity index (χ3v) is 9.31. The molecule has 12 heteroatoms. The molecule has 4 aliphatic rings. The van der Waals surface area contributed by atoms with Crippen LogP contribution in [0.4, 0.5) is 4.39 Å². The fraction of sp³-hybridized carbons (Fsp3) is 0.462. The molecule has 1 N–H and O–H groups in total. The second-order valence-corrected chi connectivity index (χ2v) is 11.3. The van der Waals surface area contributed by atoms with Gasteiger partial charge in [-0.2, -0.15) is 0 Å². The molecule has 9 nitrogen and oxygen atoms in total. The van der Waals surface area contributed by atoms with Crippen LogP contribution < -0.4 is 5.32 Å². The monoisotopic (exact) mass is 560 g/mol. The lowest BCUT2D eigenvalue weighted by atomic mass is 9.68. The minimum atomic E-state index is -0.831. The van der Waals surface area contributed by atoms with Crippen LogP contribution in [-0.2, 0) is 23.8 Å². The van der Waals surface area contributed by atoms with Crippen LogP contribution in [0.2, 0.25) is 5.02 Å². The molecule has 1 saturated carbocycles. The summed E-state index contributed by atoms with van der Waals surface area (Å²) in [5, 5.41) is 5.97. The van der Waals surface area contributed by atoms with E-state index in [1.54, 1.807) is 6.20 Å². The number of halogens is 2. The number of likely N-dealkylation sites (tertiary alicyclic amines) is 1. The molecule has 0 radical (unpaired) electrons. The molecular weight excluding hydrogens is 535 g/mol. The number of ether oxygens (including phenoxy) is 3. The molecule has 2 saturated heterocycles. The fourth-order valence-electron chi connectivity index (χ4n) is 6.56. The van der Waals surface area contributed by atoms with Crippen LogP contribution in [-0.4, -0.2) is 73.7 Å². The summed E-state index contributed by atoms with van der Waals surface area (Å²) >= 11 is 7.86.